The number of rotatable bonds is 8. The predicted octanol–water partition coefficient (Wildman–Crippen LogP) is 1.82. The van der Waals surface area contributed by atoms with Crippen molar-refractivity contribution < 1.29 is 9.90 Å². The van der Waals surface area contributed by atoms with E-state index in [4.69, 9.17) is 0 Å². The summed E-state index contributed by atoms with van der Waals surface area (Å²) in [5.74, 6) is 0.0888. The van der Waals surface area contributed by atoms with Gasteiger partial charge in [0.25, 0.3) is 0 Å². The Morgan fingerprint density at radius 2 is 1.89 bits per heavy atom. The van der Waals surface area contributed by atoms with E-state index >= 15 is 0 Å². The van der Waals surface area contributed by atoms with Crippen LogP contribution in [-0.2, 0) is 4.79 Å². The molecule has 19 heavy (non-hydrogen) atoms. The molecule has 1 aliphatic rings. The molecule has 0 aromatic carbocycles. The lowest BCUT2D eigenvalue weighted by atomic mass is 9.83. The molecule has 4 nitrogen and oxygen atoms in total. The van der Waals surface area contributed by atoms with Crippen molar-refractivity contribution in [1.82, 2.24) is 10.6 Å². The van der Waals surface area contributed by atoms with Crippen LogP contribution >= 0.6 is 0 Å². The molecule has 1 aliphatic carbocycles. The highest BCUT2D eigenvalue weighted by atomic mass is 16.3. The second-order valence-corrected chi connectivity index (χ2v) is 5.96. The van der Waals surface area contributed by atoms with Crippen molar-refractivity contribution in [2.45, 2.75) is 71.4 Å². The summed E-state index contributed by atoms with van der Waals surface area (Å²) >= 11 is 0. The minimum Gasteiger partial charge on any atom is -0.396 e. The summed E-state index contributed by atoms with van der Waals surface area (Å²) in [5, 5.41) is 15.9. The van der Waals surface area contributed by atoms with Gasteiger partial charge in [0.2, 0.25) is 5.91 Å². The van der Waals surface area contributed by atoms with Crippen LogP contribution in [0.4, 0.5) is 0 Å². The molecule has 1 fully saturated rings. The Hall–Kier alpha value is -0.610. The van der Waals surface area contributed by atoms with Gasteiger partial charge in [-0.2, -0.15) is 0 Å². The lowest BCUT2D eigenvalue weighted by Gasteiger charge is -2.31. The van der Waals surface area contributed by atoms with Gasteiger partial charge in [0, 0.05) is 24.6 Å². The molecule has 1 saturated carbocycles. The minimum absolute atomic E-state index is 0.0888. The highest BCUT2D eigenvalue weighted by Crippen LogP contribution is 2.24. The third kappa shape index (κ3) is 4.77. The molecule has 112 valence electrons. The highest BCUT2D eigenvalue weighted by Gasteiger charge is 2.27. The molecular formula is C15H30N2O2. The van der Waals surface area contributed by atoms with Crippen LogP contribution in [-0.4, -0.2) is 36.2 Å². The van der Waals surface area contributed by atoms with Gasteiger partial charge in [-0.25, -0.2) is 0 Å². The number of hydrogen-bond acceptors (Lipinski definition) is 3. The minimum atomic E-state index is -0.190. The Morgan fingerprint density at radius 1 is 1.32 bits per heavy atom. The SMILES string of the molecule is CCC(CC)(CO)CNC(C)C(=O)NC1CCCC1. The monoisotopic (exact) mass is 270 g/mol. The molecule has 4 heteroatoms. The van der Waals surface area contributed by atoms with Gasteiger partial charge in [0.15, 0.2) is 0 Å². The van der Waals surface area contributed by atoms with Crippen LogP contribution in [0.3, 0.4) is 0 Å². The van der Waals surface area contributed by atoms with Crippen molar-refractivity contribution in [3.63, 3.8) is 0 Å². The van der Waals surface area contributed by atoms with E-state index in [1.54, 1.807) is 0 Å². The molecule has 1 amide bonds. The Kier molecular flexibility index (Phi) is 6.80. The molecule has 0 aromatic heterocycles. The van der Waals surface area contributed by atoms with Crippen LogP contribution in [0.5, 0.6) is 0 Å². The number of nitrogens with one attached hydrogen (secondary N) is 2. The topological polar surface area (TPSA) is 61.4 Å². The van der Waals surface area contributed by atoms with Crippen molar-refractivity contribution >= 4 is 5.91 Å². The smallest absolute Gasteiger partial charge is 0.237 e. The number of carbonyl (C=O) groups is 1. The number of aliphatic hydroxyl groups excluding tert-OH is 1. The molecule has 0 aromatic rings. The predicted molar refractivity (Wildman–Crippen MR) is 78.0 cm³/mol. The van der Waals surface area contributed by atoms with E-state index in [9.17, 15) is 9.90 Å². The van der Waals surface area contributed by atoms with Gasteiger partial charge in [0.1, 0.15) is 0 Å². The van der Waals surface area contributed by atoms with E-state index < -0.39 is 0 Å². The fraction of sp³-hybridized carbons (Fsp3) is 0.933. The van der Waals surface area contributed by atoms with Crippen molar-refractivity contribution in [3.05, 3.63) is 0 Å². The van der Waals surface area contributed by atoms with E-state index in [1.807, 2.05) is 6.92 Å². The lowest BCUT2D eigenvalue weighted by molar-refractivity contribution is -0.123. The average molecular weight is 270 g/mol. The lowest BCUT2D eigenvalue weighted by Crippen LogP contribution is -2.49. The van der Waals surface area contributed by atoms with Gasteiger partial charge in [-0.3, -0.25) is 4.79 Å². The molecule has 1 atom stereocenters. The largest absolute Gasteiger partial charge is 0.396 e. The number of hydrogen-bond donors (Lipinski definition) is 3. The molecule has 0 spiro atoms. The molecule has 1 unspecified atom stereocenters. The van der Waals surface area contributed by atoms with Gasteiger partial charge in [0.05, 0.1) is 6.04 Å². The molecule has 0 saturated heterocycles. The van der Waals surface area contributed by atoms with Crippen LogP contribution in [0.25, 0.3) is 0 Å². The normalized spacial score (nSPS) is 18.5. The van der Waals surface area contributed by atoms with Gasteiger partial charge in [-0.05, 0) is 32.6 Å². The van der Waals surface area contributed by atoms with Crippen LogP contribution < -0.4 is 10.6 Å². The van der Waals surface area contributed by atoms with Gasteiger partial charge in [-0.15, -0.1) is 0 Å². The van der Waals surface area contributed by atoms with Crippen molar-refractivity contribution in [2.24, 2.45) is 5.41 Å². The van der Waals surface area contributed by atoms with Gasteiger partial charge < -0.3 is 15.7 Å². The average Bonchev–Trinajstić information content (AvgIpc) is 2.93. The summed E-state index contributed by atoms with van der Waals surface area (Å²) in [7, 11) is 0. The maximum Gasteiger partial charge on any atom is 0.237 e. The Balaban J connectivity index is 2.36. The van der Waals surface area contributed by atoms with Crippen LogP contribution in [0.15, 0.2) is 0 Å². The fourth-order valence-corrected chi connectivity index (χ4v) is 2.64. The van der Waals surface area contributed by atoms with E-state index in [1.165, 1.54) is 12.8 Å². The van der Waals surface area contributed by atoms with E-state index in [-0.39, 0.29) is 24.0 Å². The molecular weight excluding hydrogens is 240 g/mol. The first-order valence-corrected chi connectivity index (χ1v) is 7.71. The van der Waals surface area contributed by atoms with Gasteiger partial charge >= 0.3 is 0 Å². The molecule has 0 bridgehead atoms. The summed E-state index contributed by atoms with van der Waals surface area (Å²) in [4.78, 5) is 12.0. The van der Waals surface area contributed by atoms with E-state index in [0.29, 0.717) is 12.6 Å². The van der Waals surface area contributed by atoms with E-state index in [0.717, 1.165) is 25.7 Å². The maximum atomic E-state index is 12.0. The van der Waals surface area contributed by atoms with Crippen molar-refractivity contribution in [2.75, 3.05) is 13.2 Å². The standard InChI is InChI=1S/C15H30N2O2/c1-4-15(5-2,11-18)10-16-12(3)14(19)17-13-8-6-7-9-13/h12-13,16,18H,4-11H2,1-3H3,(H,17,19). The first kappa shape index (κ1) is 16.4. The first-order valence-electron chi connectivity index (χ1n) is 7.71. The highest BCUT2D eigenvalue weighted by molar-refractivity contribution is 5.81. The number of carbonyl (C=O) groups excluding carboxylic acids is 1. The Morgan fingerprint density at radius 3 is 2.37 bits per heavy atom. The molecule has 3 N–H and O–H groups in total. The van der Waals surface area contributed by atoms with Crippen LogP contribution in [0.1, 0.15) is 59.3 Å². The quantitative estimate of drug-likeness (QED) is 0.630. The summed E-state index contributed by atoms with van der Waals surface area (Å²) in [6.07, 6.45) is 6.53. The zero-order chi connectivity index (χ0) is 14.3. The number of aliphatic hydroxyl groups is 1. The summed E-state index contributed by atoms with van der Waals surface area (Å²) in [6.45, 7) is 6.94. The third-order valence-corrected chi connectivity index (χ3v) is 4.71. The molecule has 0 radical (unpaired) electrons. The molecule has 1 rings (SSSR count). The zero-order valence-corrected chi connectivity index (χ0v) is 12.7. The second kappa shape index (κ2) is 7.85. The summed E-state index contributed by atoms with van der Waals surface area (Å²) < 4.78 is 0. The Labute approximate surface area is 117 Å². The van der Waals surface area contributed by atoms with E-state index in [2.05, 4.69) is 24.5 Å². The third-order valence-electron chi connectivity index (χ3n) is 4.71. The summed E-state index contributed by atoms with van der Waals surface area (Å²) in [5.41, 5.74) is -0.0953. The Bertz CT molecular complexity index is 263. The zero-order valence-electron chi connectivity index (χ0n) is 12.7. The van der Waals surface area contributed by atoms with Crippen LogP contribution in [0.2, 0.25) is 0 Å². The fourth-order valence-electron chi connectivity index (χ4n) is 2.64. The van der Waals surface area contributed by atoms with Crippen molar-refractivity contribution in [3.8, 4) is 0 Å². The molecule has 0 heterocycles. The second-order valence-electron chi connectivity index (χ2n) is 5.96. The molecule has 0 aliphatic heterocycles. The number of amides is 1. The van der Waals surface area contributed by atoms with Gasteiger partial charge in [-0.1, -0.05) is 26.7 Å². The van der Waals surface area contributed by atoms with Crippen molar-refractivity contribution in [1.29, 1.82) is 0 Å². The van der Waals surface area contributed by atoms with Crippen LogP contribution in [0, 0.1) is 5.41 Å². The first-order chi connectivity index (χ1) is 9.06. The summed E-state index contributed by atoms with van der Waals surface area (Å²) in [6, 6.07) is 0.182. The maximum absolute atomic E-state index is 12.0.